The normalized spacial score (nSPS) is 11.4. The second-order valence-electron chi connectivity index (χ2n) is 6.80. The molecule has 0 saturated heterocycles. The third-order valence-corrected chi connectivity index (χ3v) is 3.82. The van der Waals surface area contributed by atoms with Crippen LogP contribution in [0.2, 0.25) is 0 Å². The number of carbonyl (C=O) groups is 1. The maximum Gasteiger partial charge on any atom is 0.258 e. The van der Waals surface area contributed by atoms with Gasteiger partial charge in [0.2, 0.25) is 5.95 Å². The average Bonchev–Trinajstić information content (AvgIpc) is 3.02. The van der Waals surface area contributed by atoms with Crippen LogP contribution in [0.1, 0.15) is 36.7 Å². The summed E-state index contributed by atoms with van der Waals surface area (Å²) in [5, 5.41) is 9.34. The van der Waals surface area contributed by atoms with E-state index in [9.17, 15) is 9.18 Å². The predicted octanol–water partition coefficient (Wildman–Crippen LogP) is 4.16. The Morgan fingerprint density at radius 2 is 1.84 bits per heavy atom. The molecular formula is C19H19FN4O. The van der Waals surface area contributed by atoms with E-state index in [-0.39, 0.29) is 16.9 Å². The van der Waals surface area contributed by atoms with Gasteiger partial charge in [-0.1, -0.05) is 51.1 Å². The minimum atomic E-state index is -0.470. The summed E-state index contributed by atoms with van der Waals surface area (Å²) < 4.78 is 13.2. The van der Waals surface area contributed by atoms with Gasteiger partial charge in [-0.2, -0.15) is 4.98 Å². The molecule has 2 aromatic carbocycles. The molecule has 3 aromatic rings. The number of aromatic nitrogens is 3. The minimum Gasteiger partial charge on any atom is -0.289 e. The first-order valence-electron chi connectivity index (χ1n) is 7.93. The number of H-pyrrole nitrogens is 1. The van der Waals surface area contributed by atoms with Crippen molar-refractivity contribution in [2.75, 3.05) is 5.32 Å². The largest absolute Gasteiger partial charge is 0.289 e. The maximum atomic E-state index is 13.2. The van der Waals surface area contributed by atoms with Crippen LogP contribution < -0.4 is 5.32 Å². The van der Waals surface area contributed by atoms with Gasteiger partial charge in [-0.25, -0.2) is 4.39 Å². The summed E-state index contributed by atoms with van der Waals surface area (Å²) in [5.41, 5.74) is 2.37. The highest BCUT2D eigenvalue weighted by atomic mass is 19.1. The molecule has 6 heteroatoms. The Morgan fingerprint density at radius 3 is 2.48 bits per heavy atom. The van der Waals surface area contributed by atoms with Crippen LogP contribution in [0.3, 0.4) is 0 Å². The molecule has 0 atom stereocenters. The second-order valence-corrected chi connectivity index (χ2v) is 6.80. The highest BCUT2D eigenvalue weighted by molar-refractivity contribution is 6.03. The van der Waals surface area contributed by atoms with Crippen LogP contribution >= 0.6 is 0 Å². The van der Waals surface area contributed by atoms with Crippen molar-refractivity contribution in [2.24, 2.45) is 0 Å². The molecular weight excluding hydrogens is 319 g/mol. The second kappa shape index (κ2) is 6.47. The minimum absolute atomic E-state index is 0.0734. The lowest BCUT2D eigenvalue weighted by molar-refractivity contribution is 0.102. The Hall–Kier alpha value is -3.02. The van der Waals surface area contributed by atoms with E-state index in [2.05, 4.69) is 41.3 Å². The zero-order valence-electron chi connectivity index (χ0n) is 14.3. The monoisotopic (exact) mass is 338 g/mol. The van der Waals surface area contributed by atoms with Crippen molar-refractivity contribution < 1.29 is 9.18 Å². The molecule has 0 radical (unpaired) electrons. The molecule has 1 heterocycles. The quantitative estimate of drug-likeness (QED) is 0.753. The summed E-state index contributed by atoms with van der Waals surface area (Å²) in [6.07, 6.45) is 0. The topological polar surface area (TPSA) is 70.7 Å². The molecule has 0 aliphatic heterocycles. The molecule has 2 N–H and O–H groups in total. The Morgan fingerprint density at radius 1 is 1.12 bits per heavy atom. The van der Waals surface area contributed by atoms with E-state index < -0.39 is 11.7 Å². The third kappa shape index (κ3) is 3.91. The van der Waals surface area contributed by atoms with E-state index in [4.69, 9.17) is 0 Å². The molecule has 0 unspecified atom stereocenters. The Kier molecular flexibility index (Phi) is 4.35. The lowest BCUT2D eigenvalue weighted by Gasteiger charge is -2.18. The Balaban J connectivity index is 1.75. The van der Waals surface area contributed by atoms with Crippen molar-refractivity contribution in [3.63, 3.8) is 0 Å². The van der Waals surface area contributed by atoms with E-state index in [0.717, 1.165) is 11.6 Å². The number of carbonyl (C=O) groups excluding carboxylic acids is 1. The van der Waals surface area contributed by atoms with E-state index in [1.165, 1.54) is 23.8 Å². The molecule has 5 nitrogen and oxygen atoms in total. The first-order valence-corrected chi connectivity index (χ1v) is 7.93. The third-order valence-electron chi connectivity index (χ3n) is 3.82. The van der Waals surface area contributed by atoms with Gasteiger partial charge in [-0.3, -0.25) is 15.2 Å². The number of anilines is 1. The van der Waals surface area contributed by atoms with Crippen LogP contribution in [0.4, 0.5) is 10.3 Å². The number of nitrogens with zero attached hydrogens (tertiary/aromatic N) is 2. The highest BCUT2D eigenvalue weighted by Gasteiger charge is 2.15. The molecule has 25 heavy (non-hydrogen) atoms. The molecule has 0 saturated carbocycles. The van der Waals surface area contributed by atoms with E-state index >= 15 is 0 Å². The van der Waals surface area contributed by atoms with Crippen molar-refractivity contribution in [1.29, 1.82) is 0 Å². The lowest BCUT2D eigenvalue weighted by Crippen LogP contribution is -2.13. The van der Waals surface area contributed by atoms with Gasteiger partial charge in [0.15, 0.2) is 5.82 Å². The summed E-state index contributed by atoms with van der Waals surface area (Å²) in [6.45, 7) is 6.45. The summed E-state index contributed by atoms with van der Waals surface area (Å²) in [4.78, 5) is 16.4. The first-order chi connectivity index (χ1) is 11.8. The van der Waals surface area contributed by atoms with E-state index in [1.807, 2.05) is 24.3 Å². The molecule has 0 aliphatic rings. The van der Waals surface area contributed by atoms with Crippen LogP contribution in [0, 0.1) is 5.82 Å². The zero-order chi connectivity index (χ0) is 18.0. The van der Waals surface area contributed by atoms with Crippen molar-refractivity contribution in [3.05, 3.63) is 65.5 Å². The standard InChI is InChI=1S/C19H19FN4O/c1-19(2,3)14-9-7-12(8-10-14)16-21-18(24-23-16)22-17(25)13-5-4-6-15(20)11-13/h4-11H,1-3H3,(H2,21,22,23,24,25). The van der Waals surface area contributed by atoms with Crippen LogP contribution in [0.15, 0.2) is 48.5 Å². The molecule has 0 fully saturated rings. The van der Waals surface area contributed by atoms with E-state index in [0.29, 0.717) is 5.82 Å². The van der Waals surface area contributed by atoms with Gasteiger partial charge in [-0.15, -0.1) is 5.10 Å². The molecule has 3 rings (SSSR count). The number of aromatic amines is 1. The molecule has 0 bridgehead atoms. The Labute approximate surface area is 145 Å². The molecule has 1 amide bonds. The van der Waals surface area contributed by atoms with Crippen molar-refractivity contribution >= 4 is 11.9 Å². The Bertz CT molecular complexity index is 894. The number of rotatable bonds is 3. The first kappa shape index (κ1) is 16.8. The number of hydrogen-bond donors (Lipinski definition) is 2. The van der Waals surface area contributed by atoms with Crippen molar-refractivity contribution in [2.45, 2.75) is 26.2 Å². The molecule has 1 aromatic heterocycles. The summed E-state index contributed by atoms with van der Waals surface area (Å²) >= 11 is 0. The highest BCUT2D eigenvalue weighted by Crippen LogP contribution is 2.25. The summed E-state index contributed by atoms with van der Waals surface area (Å²) in [7, 11) is 0. The van der Waals surface area contributed by atoms with Crippen LogP contribution in [-0.2, 0) is 5.41 Å². The molecule has 128 valence electrons. The van der Waals surface area contributed by atoms with Crippen LogP contribution in [0.25, 0.3) is 11.4 Å². The zero-order valence-corrected chi connectivity index (χ0v) is 14.3. The smallest absolute Gasteiger partial charge is 0.258 e. The fraction of sp³-hybridized carbons (Fsp3) is 0.211. The van der Waals surface area contributed by atoms with Gasteiger partial charge < -0.3 is 0 Å². The van der Waals surface area contributed by atoms with Crippen LogP contribution in [0.5, 0.6) is 0 Å². The van der Waals surface area contributed by atoms with Crippen molar-refractivity contribution in [1.82, 2.24) is 15.2 Å². The predicted molar refractivity (Wildman–Crippen MR) is 94.9 cm³/mol. The van der Waals surface area contributed by atoms with Gasteiger partial charge in [0.25, 0.3) is 5.91 Å². The lowest BCUT2D eigenvalue weighted by atomic mass is 9.87. The van der Waals surface area contributed by atoms with Crippen molar-refractivity contribution in [3.8, 4) is 11.4 Å². The van der Waals surface area contributed by atoms with Crippen LogP contribution in [-0.4, -0.2) is 21.1 Å². The van der Waals surface area contributed by atoms with Gasteiger partial charge in [0.05, 0.1) is 0 Å². The average molecular weight is 338 g/mol. The van der Waals surface area contributed by atoms with Gasteiger partial charge >= 0.3 is 0 Å². The molecule has 0 spiro atoms. The number of halogens is 1. The number of hydrogen-bond acceptors (Lipinski definition) is 3. The number of amides is 1. The summed E-state index contributed by atoms with van der Waals surface area (Å²) in [6, 6.07) is 13.4. The van der Waals surface area contributed by atoms with Gasteiger partial charge in [0, 0.05) is 11.1 Å². The summed E-state index contributed by atoms with van der Waals surface area (Å²) in [5.74, 6) is -0.241. The SMILES string of the molecule is CC(C)(C)c1ccc(-c2nc(NC(=O)c3cccc(F)c3)n[nH]2)cc1. The molecule has 0 aliphatic carbocycles. The number of nitrogens with one attached hydrogen (secondary N) is 2. The van der Waals surface area contributed by atoms with Gasteiger partial charge in [0.1, 0.15) is 5.82 Å². The number of benzene rings is 2. The van der Waals surface area contributed by atoms with E-state index in [1.54, 1.807) is 0 Å². The van der Waals surface area contributed by atoms with Gasteiger partial charge in [-0.05, 0) is 29.2 Å². The fourth-order valence-electron chi connectivity index (χ4n) is 2.38. The maximum absolute atomic E-state index is 13.2. The fourth-order valence-corrected chi connectivity index (χ4v) is 2.38.